The van der Waals surface area contributed by atoms with E-state index in [0.717, 1.165) is 29.4 Å². The summed E-state index contributed by atoms with van der Waals surface area (Å²) in [5.74, 6) is -2.32. The summed E-state index contributed by atoms with van der Waals surface area (Å²) in [5.41, 5.74) is -2.18. The lowest BCUT2D eigenvalue weighted by Crippen LogP contribution is -2.56. The number of pyridine rings is 1. The zero-order valence-corrected chi connectivity index (χ0v) is 19.9. The van der Waals surface area contributed by atoms with Crippen molar-refractivity contribution >= 4 is 40.4 Å². The summed E-state index contributed by atoms with van der Waals surface area (Å²) >= 11 is 0.274. The van der Waals surface area contributed by atoms with Crippen molar-refractivity contribution < 1.29 is 41.8 Å². The summed E-state index contributed by atoms with van der Waals surface area (Å²) in [4.78, 5) is 41.3. The lowest BCUT2D eigenvalue weighted by atomic mass is 10.2. The number of amides is 3. The molecule has 1 aromatic carbocycles. The van der Waals surface area contributed by atoms with Crippen molar-refractivity contribution in [3.05, 3.63) is 64.8 Å². The van der Waals surface area contributed by atoms with E-state index in [1.165, 1.54) is 32.9 Å². The largest absolute Gasteiger partial charge is 0.509 e. The number of alkyl halides is 3. The van der Waals surface area contributed by atoms with Crippen molar-refractivity contribution in [1.82, 2.24) is 9.99 Å². The summed E-state index contributed by atoms with van der Waals surface area (Å²) in [5, 5.41) is 13.4. The highest BCUT2D eigenvalue weighted by Gasteiger charge is 2.42. The maximum absolute atomic E-state index is 13.2. The number of anilines is 2. The fourth-order valence-electron chi connectivity index (χ4n) is 2.89. The molecule has 1 aliphatic rings. The molecule has 9 nitrogen and oxygen atoms in total. The van der Waals surface area contributed by atoms with Crippen molar-refractivity contribution in [2.24, 2.45) is 0 Å². The number of halogens is 4. The minimum Gasteiger partial charge on any atom is -0.509 e. The van der Waals surface area contributed by atoms with E-state index in [0.29, 0.717) is 11.1 Å². The molecule has 2 heterocycles. The van der Waals surface area contributed by atoms with Crippen LogP contribution in [-0.4, -0.2) is 44.5 Å². The molecule has 2 N–H and O–H groups in total. The number of rotatable bonds is 3. The van der Waals surface area contributed by atoms with Gasteiger partial charge in [-0.05, 0) is 68.9 Å². The number of ether oxygens (including phenoxy) is 1. The second-order valence-corrected chi connectivity index (χ2v) is 9.33. The number of imide groups is 1. The van der Waals surface area contributed by atoms with Gasteiger partial charge in [0, 0.05) is 5.69 Å². The van der Waals surface area contributed by atoms with Gasteiger partial charge in [0.15, 0.2) is 0 Å². The molecule has 0 atom stereocenters. The van der Waals surface area contributed by atoms with Gasteiger partial charge in [0.05, 0.1) is 18.4 Å². The number of carbonyl (C=O) groups excluding carboxylic acids is 3. The monoisotopic (exact) mass is 528 g/mol. The Morgan fingerprint density at radius 2 is 1.75 bits per heavy atom. The Kier molecular flexibility index (Phi) is 7.48. The molecule has 1 aromatic heterocycles. The lowest BCUT2D eigenvalue weighted by Gasteiger charge is -2.38. The first kappa shape index (κ1) is 26.8. The van der Waals surface area contributed by atoms with Crippen molar-refractivity contribution in [1.29, 1.82) is 0 Å². The van der Waals surface area contributed by atoms with Crippen LogP contribution in [0, 0.1) is 5.82 Å². The van der Waals surface area contributed by atoms with Crippen LogP contribution in [0.5, 0.6) is 0 Å². The normalized spacial score (nSPS) is 14.7. The molecule has 3 amide bonds. The standard InChI is InChI=1S/C22H20F4N4O5S/c1-21(2,3)35-20(34)30-18(32)17(36-19(33)28-13-6-4-12(23)5-7-13)15(31)11-29(30)14-8-9-16(27-10-14)22(24,25)26/h4-10,31H,11H2,1-3H3,(H,28,33). The number of benzene rings is 1. The number of carbonyl (C=O) groups is 3. The van der Waals surface area contributed by atoms with Crippen molar-refractivity contribution in [2.45, 2.75) is 32.5 Å². The molecule has 0 saturated carbocycles. The Bertz CT molecular complexity index is 1190. The van der Waals surface area contributed by atoms with Gasteiger partial charge in [-0.2, -0.15) is 13.2 Å². The fraction of sp³-hybridized carbons (Fsp3) is 0.273. The van der Waals surface area contributed by atoms with Crippen molar-refractivity contribution in [2.75, 3.05) is 16.9 Å². The predicted molar refractivity (Wildman–Crippen MR) is 122 cm³/mol. The number of thioether (sulfide) groups is 1. The number of aromatic nitrogens is 1. The SMILES string of the molecule is CC(C)(C)OC(=O)N1C(=O)C(SC(=O)Nc2ccc(F)cc2)=C(O)CN1c1ccc(C(F)(F)F)nc1. The molecule has 0 aliphatic carbocycles. The van der Waals surface area contributed by atoms with Crippen molar-refractivity contribution in [3.8, 4) is 0 Å². The van der Waals surface area contributed by atoms with E-state index >= 15 is 0 Å². The van der Waals surface area contributed by atoms with Crippen LogP contribution in [-0.2, 0) is 15.7 Å². The molecule has 14 heteroatoms. The number of aliphatic hydroxyl groups excluding tert-OH is 1. The zero-order chi connectivity index (χ0) is 26.8. The van der Waals surface area contributed by atoms with Gasteiger partial charge >= 0.3 is 12.3 Å². The lowest BCUT2D eigenvalue weighted by molar-refractivity contribution is -0.141. The van der Waals surface area contributed by atoms with Gasteiger partial charge in [0.2, 0.25) is 0 Å². The third-order valence-corrected chi connectivity index (χ3v) is 5.28. The van der Waals surface area contributed by atoms with E-state index in [4.69, 9.17) is 4.74 Å². The van der Waals surface area contributed by atoms with Crippen molar-refractivity contribution in [3.63, 3.8) is 0 Å². The second kappa shape index (κ2) is 10.0. The van der Waals surface area contributed by atoms with Crippen LogP contribution in [0.4, 0.5) is 38.5 Å². The molecule has 0 radical (unpaired) electrons. The molecule has 3 rings (SSSR count). The number of hydrogen-bond acceptors (Lipinski definition) is 8. The van der Waals surface area contributed by atoms with E-state index in [1.54, 1.807) is 0 Å². The summed E-state index contributed by atoms with van der Waals surface area (Å²) < 4.78 is 57.0. The van der Waals surface area contributed by atoms with Gasteiger partial charge in [0.1, 0.15) is 27.8 Å². The first-order chi connectivity index (χ1) is 16.7. The molecule has 2 aromatic rings. The number of hydrazine groups is 1. The van der Waals surface area contributed by atoms with Gasteiger partial charge in [-0.25, -0.2) is 14.2 Å². The van der Waals surface area contributed by atoms with Crippen LogP contribution in [0.3, 0.4) is 0 Å². The summed E-state index contributed by atoms with van der Waals surface area (Å²) in [6.45, 7) is 4.03. The smallest absolute Gasteiger partial charge is 0.437 e. The molecular formula is C22H20F4N4O5S. The van der Waals surface area contributed by atoms with Crippen LogP contribution in [0.2, 0.25) is 0 Å². The number of hydrogen-bond donors (Lipinski definition) is 2. The van der Waals surface area contributed by atoms with Crippen LogP contribution >= 0.6 is 11.8 Å². The van der Waals surface area contributed by atoms with Crippen LogP contribution in [0.15, 0.2) is 53.3 Å². The highest BCUT2D eigenvalue weighted by atomic mass is 32.2. The molecule has 0 unspecified atom stereocenters. The number of nitrogens with zero attached hydrogens (tertiary/aromatic N) is 3. The molecule has 0 saturated heterocycles. The Morgan fingerprint density at radius 3 is 2.28 bits per heavy atom. The molecule has 0 bridgehead atoms. The summed E-state index contributed by atoms with van der Waals surface area (Å²) in [6.07, 6.45) is -5.14. The summed E-state index contributed by atoms with van der Waals surface area (Å²) in [7, 11) is 0. The molecule has 0 spiro atoms. The van der Waals surface area contributed by atoms with Crippen LogP contribution < -0.4 is 10.3 Å². The molecule has 1 aliphatic heterocycles. The van der Waals surface area contributed by atoms with Gasteiger partial charge in [0.25, 0.3) is 11.1 Å². The third-order valence-electron chi connectivity index (χ3n) is 4.38. The quantitative estimate of drug-likeness (QED) is 0.505. The Morgan fingerprint density at radius 1 is 1.11 bits per heavy atom. The molecule has 36 heavy (non-hydrogen) atoms. The van der Waals surface area contributed by atoms with Gasteiger partial charge in [-0.15, -0.1) is 5.01 Å². The van der Waals surface area contributed by atoms with Crippen LogP contribution in [0.25, 0.3) is 0 Å². The topological polar surface area (TPSA) is 112 Å². The highest BCUT2D eigenvalue weighted by Crippen LogP contribution is 2.34. The van der Waals surface area contributed by atoms with E-state index in [2.05, 4.69) is 10.3 Å². The van der Waals surface area contributed by atoms with Crippen LogP contribution in [0.1, 0.15) is 26.5 Å². The zero-order valence-electron chi connectivity index (χ0n) is 19.1. The fourth-order valence-corrected chi connectivity index (χ4v) is 3.60. The van der Waals surface area contributed by atoms with Gasteiger partial charge in [-0.1, -0.05) is 0 Å². The highest BCUT2D eigenvalue weighted by molar-refractivity contribution is 8.17. The Labute approximate surface area is 206 Å². The average Bonchev–Trinajstić information content (AvgIpc) is 2.76. The Balaban J connectivity index is 1.92. The van der Waals surface area contributed by atoms with E-state index < -0.39 is 57.7 Å². The molecule has 192 valence electrons. The van der Waals surface area contributed by atoms with E-state index in [-0.39, 0.29) is 23.1 Å². The van der Waals surface area contributed by atoms with Gasteiger partial charge in [-0.3, -0.25) is 14.6 Å². The van der Waals surface area contributed by atoms with E-state index in [9.17, 15) is 37.1 Å². The minimum atomic E-state index is -4.72. The maximum Gasteiger partial charge on any atom is 0.437 e. The first-order valence-electron chi connectivity index (χ1n) is 10.2. The number of aliphatic hydroxyl groups is 1. The number of nitrogens with one attached hydrogen (secondary N) is 1. The average molecular weight is 528 g/mol. The predicted octanol–water partition coefficient (Wildman–Crippen LogP) is 5.47. The third kappa shape index (κ3) is 6.44. The second-order valence-electron chi connectivity index (χ2n) is 8.35. The minimum absolute atomic E-state index is 0.131. The summed E-state index contributed by atoms with van der Waals surface area (Å²) in [6, 6.07) is 6.36. The Hall–Kier alpha value is -3.81. The first-order valence-corrected chi connectivity index (χ1v) is 11.0. The molecular weight excluding hydrogens is 508 g/mol. The van der Waals surface area contributed by atoms with Gasteiger partial charge < -0.3 is 15.2 Å². The maximum atomic E-state index is 13.2. The molecule has 0 fully saturated rings. The van der Waals surface area contributed by atoms with E-state index in [1.807, 2.05) is 0 Å².